The molecule has 1 aromatic heterocycles. The second-order valence-electron chi connectivity index (χ2n) is 6.20. The van der Waals surface area contributed by atoms with Gasteiger partial charge in [-0.1, -0.05) is 0 Å². The Kier molecular flexibility index (Phi) is 6.51. The molecule has 0 aliphatic carbocycles. The van der Waals surface area contributed by atoms with Crippen LogP contribution in [0.25, 0.3) is 10.6 Å². The van der Waals surface area contributed by atoms with E-state index >= 15 is 0 Å². The Morgan fingerprint density at radius 1 is 1.10 bits per heavy atom. The smallest absolute Gasteiger partial charge is 0.240 e. The minimum absolute atomic E-state index is 0.00436. The number of hydrogen-bond donors (Lipinski definition) is 1. The van der Waals surface area contributed by atoms with Crippen molar-refractivity contribution in [2.24, 2.45) is 0 Å². The van der Waals surface area contributed by atoms with Gasteiger partial charge in [0, 0.05) is 17.0 Å². The molecular weight excluding hydrogens is 415 g/mol. The molecule has 0 radical (unpaired) electrons. The number of nitrogens with zero attached hydrogens (tertiary/aromatic N) is 1. The molecule has 0 aliphatic rings. The number of thiazole rings is 1. The van der Waals surface area contributed by atoms with Crippen LogP contribution in [0.2, 0.25) is 0 Å². The van der Waals surface area contributed by atoms with Gasteiger partial charge in [0.2, 0.25) is 10.0 Å². The SMILES string of the molecule is COc1ccc(-c2nc(C)c(CCNS(=O)(=O)c3ccc(OC)c(F)c3)s2)cc1. The van der Waals surface area contributed by atoms with Crippen LogP contribution in [-0.4, -0.2) is 34.2 Å². The average molecular weight is 437 g/mol. The van der Waals surface area contributed by atoms with Crippen molar-refractivity contribution in [2.45, 2.75) is 18.2 Å². The third kappa shape index (κ3) is 4.92. The van der Waals surface area contributed by atoms with E-state index in [0.29, 0.717) is 6.42 Å². The van der Waals surface area contributed by atoms with Crippen molar-refractivity contribution >= 4 is 21.4 Å². The fourth-order valence-corrected chi connectivity index (χ4v) is 4.82. The van der Waals surface area contributed by atoms with Crippen LogP contribution in [0, 0.1) is 12.7 Å². The van der Waals surface area contributed by atoms with Crippen LogP contribution in [-0.2, 0) is 16.4 Å². The molecule has 3 aromatic rings. The van der Waals surface area contributed by atoms with Crippen LogP contribution in [0.15, 0.2) is 47.4 Å². The largest absolute Gasteiger partial charge is 0.497 e. The molecule has 9 heteroatoms. The highest BCUT2D eigenvalue weighted by molar-refractivity contribution is 7.89. The zero-order valence-corrected chi connectivity index (χ0v) is 17.9. The van der Waals surface area contributed by atoms with Gasteiger partial charge in [-0.2, -0.15) is 0 Å². The molecule has 0 unspecified atom stereocenters. The van der Waals surface area contributed by atoms with Gasteiger partial charge in [-0.3, -0.25) is 0 Å². The number of rotatable bonds is 8. The molecule has 3 rings (SSSR count). The van der Waals surface area contributed by atoms with Crippen molar-refractivity contribution in [3.8, 4) is 22.1 Å². The summed E-state index contributed by atoms with van der Waals surface area (Å²) in [4.78, 5) is 5.42. The highest BCUT2D eigenvalue weighted by Gasteiger charge is 2.17. The lowest BCUT2D eigenvalue weighted by Crippen LogP contribution is -2.26. The predicted octanol–water partition coefficient (Wildman–Crippen LogP) is 3.80. The highest BCUT2D eigenvalue weighted by atomic mass is 32.2. The summed E-state index contributed by atoms with van der Waals surface area (Å²) < 4.78 is 51.1. The fourth-order valence-electron chi connectivity index (χ4n) is 2.71. The van der Waals surface area contributed by atoms with Crippen molar-refractivity contribution in [3.63, 3.8) is 0 Å². The molecule has 2 aromatic carbocycles. The zero-order chi connectivity index (χ0) is 21.0. The second-order valence-corrected chi connectivity index (χ2v) is 9.05. The second kappa shape index (κ2) is 8.89. The van der Waals surface area contributed by atoms with Gasteiger partial charge in [0.1, 0.15) is 10.8 Å². The Labute approximate surface area is 173 Å². The number of nitrogens with one attached hydrogen (secondary N) is 1. The molecule has 0 amide bonds. The summed E-state index contributed by atoms with van der Waals surface area (Å²) in [6.07, 6.45) is 0.484. The van der Waals surface area contributed by atoms with E-state index in [4.69, 9.17) is 9.47 Å². The Balaban J connectivity index is 1.67. The standard InChI is InChI=1S/C20H21FN2O4S2/c1-13-19(28-20(23-13)14-4-6-15(26-2)7-5-14)10-11-22-29(24,25)16-8-9-18(27-3)17(21)12-16/h4-9,12,22H,10-11H2,1-3H3. The molecule has 0 aliphatic heterocycles. The fraction of sp³-hybridized carbons (Fsp3) is 0.250. The topological polar surface area (TPSA) is 77.5 Å². The molecule has 0 fully saturated rings. The molecule has 0 saturated carbocycles. The van der Waals surface area contributed by atoms with E-state index in [2.05, 4.69) is 9.71 Å². The highest BCUT2D eigenvalue weighted by Crippen LogP contribution is 2.29. The first-order valence-corrected chi connectivity index (χ1v) is 11.1. The molecule has 0 atom stereocenters. The Morgan fingerprint density at radius 2 is 1.83 bits per heavy atom. The number of ether oxygens (including phenoxy) is 2. The van der Waals surface area contributed by atoms with Gasteiger partial charge in [0.05, 0.1) is 24.8 Å². The normalized spacial score (nSPS) is 11.4. The van der Waals surface area contributed by atoms with E-state index in [-0.39, 0.29) is 17.2 Å². The summed E-state index contributed by atoms with van der Waals surface area (Å²) in [7, 11) is -0.884. The van der Waals surface area contributed by atoms with Crippen molar-refractivity contribution in [3.05, 3.63) is 58.9 Å². The Bertz CT molecular complexity index is 1100. The summed E-state index contributed by atoms with van der Waals surface area (Å²) >= 11 is 1.52. The summed E-state index contributed by atoms with van der Waals surface area (Å²) in [6, 6.07) is 11.1. The van der Waals surface area contributed by atoms with Crippen LogP contribution in [0.5, 0.6) is 11.5 Å². The maximum absolute atomic E-state index is 13.8. The quantitative estimate of drug-likeness (QED) is 0.581. The number of benzene rings is 2. The lowest BCUT2D eigenvalue weighted by molar-refractivity contribution is 0.385. The molecule has 0 bridgehead atoms. The maximum Gasteiger partial charge on any atom is 0.240 e. The number of sulfonamides is 1. The monoisotopic (exact) mass is 436 g/mol. The summed E-state index contributed by atoms with van der Waals surface area (Å²) in [5.74, 6) is 0.0414. The van der Waals surface area contributed by atoms with Crippen LogP contribution < -0.4 is 14.2 Å². The number of methoxy groups -OCH3 is 2. The van der Waals surface area contributed by atoms with Crippen molar-refractivity contribution in [1.29, 1.82) is 0 Å². The van der Waals surface area contributed by atoms with Gasteiger partial charge in [0.15, 0.2) is 11.6 Å². The van der Waals surface area contributed by atoms with Crippen molar-refractivity contribution in [2.75, 3.05) is 20.8 Å². The van der Waals surface area contributed by atoms with Crippen LogP contribution >= 0.6 is 11.3 Å². The van der Waals surface area contributed by atoms with Crippen molar-refractivity contribution < 1.29 is 22.3 Å². The van der Waals surface area contributed by atoms with Crippen LogP contribution in [0.4, 0.5) is 4.39 Å². The zero-order valence-electron chi connectivity index (χ0n) is 16.2. The molecule has 1 heterocycles. The maximum atomic E-state index is 13.8. The van der Waals surface area contributed by atoms with E-state index in [1.165, 1.54) is 30.6 Å². The summed E-state index contributed by atoms with van der Waals surface area (Å²) in [5.41, 5.74) is 1.83. The van der Waals surface area contributed by atoms with E-state index in [1.54, 1.807) is 7.11 Å². The first kappa shape index (κ1) is 21.2. The van der Waals surface area contributed by atoms with E-state index in [1.807, 2.05) is 31.2 Å². The predicted molar refractivity (Wildman–Crippen MR) is 111 cm³/mol. The van der Waals surface area contributed by atoms with Gasteiger partial charge < -0.3 is 9.47 Å². The molecule has 0 saturated heterocycles. The molecule has 0 spiro atoms. The van der Waals surface area contributed by atoms with Crippen LogP contribution in [0.3, 0.4) is 0 Å². The first-order valence-electron chi connectivity index (χ1n) is 8.78. The number of halogens is 1. The van der Waals surface area contributed by atoms with Gasteiger partial charge in [-0.15, -0.1) is 11.3 Å². The van der Waals surface area contributed by atoms with Gasteiger partial charge in [-0.05, 0) is 55.8 Å². The van der Waals surface area contributed by atoms with Gasteiger partial charge in [0.25, 0.3) is 0 Å². The lowest BCUT2D eigenvalue weighted by atomic mass is 10.2. The number of aryl methyl sites for hydroxylation is 1. The minimum atomic E-state index is -3.82. The number of aromatic nitrogens is 1. The third-order valence-corrected chi connectivity index (χ3v) is 7.03. The molecule has 29 heavy (non-hydrogen) atoms. The third-order valence-electron chi connectivity index (χ3n) is 4.31. The van der Waals surface area contributed by atoms with E-state index < -0.39 is 15.8 Å². The van der Waals surface area contributed by atoms with E-state index in [0.717, 1.165) is 33.0 Å². The van der Waals surface area contributed by atoms with Gasteiger partial charge in [-0.25, -0.2) is 22.5 Å². The average Bonchev–Trinajstić information content (AvgIpc) is 3.08. The van der Waals surface area contributed by atoms with E-state index in [9.17, 15) is 12.8 Å². The molecule has 1 N–H and O–H groups in total. The Hall–Kier alpha value is -2.49. The summed E-state index contributed by atoms with van der Waals surface area (Å²) in [6.45, 7) is 2.08. The Morgan fingerprint density at radius 3 is 2.45 bits per heavy atom. The van der Waals surface area contributed by atoms with Gasteiger partial charge >= 0.3 is 0 Å². The molecule has 6 nitrogen and oxygen atoms in total. The summed E-state index contributed by atoms with van der Waals surface area (Å²) in [5, 5.41) is 0.861. The molecular formula is C20H21FN2O4S2. The lowest BCUT2D eigenvalue weighted by Gasteiger charge is -2.08. The first-order chi connectivity index (χ1) is 13.8. The number of hydrogen-bond acceptors (Lipinski definition) is 6. The molecule has 154 valence electrons. The minimum Gasteiger partial charge on any atom is -0.497 e. The van der Waals surface area contributed by atoms with Crippen molar-refractivity contribution in [1.82, 2.24) is 9.71 Å². The van der Waals surface area contributed by atoms with Crippen LogP contribution in [0.1, 0.15) is 10.6 Å².